The number of aryl methyl sites for hydroxylation is 1. The number of nitrogens with zero attached hydrogens (tertiary/aromatic N) is 4. The van der Waals surface area contributed by atoms with Crippen molar-refractivity contribution in [2.45, 2.75) is 12.8 Å². The summed E-state index contributed by atoms with van der Waals surface area (Å²) < 4.78 is 29.9. The molecule has 1 aromatic carbocycles. The lowest BCUT2D eigenvalue weighted by molar-refractivity contribution is 0.102. The first kappa shape index (κ1) is 21.2. The quantitative estimate of drug-likeness (QED) is 0.554. The van der Waals surface area contributed by atoms with Gasteiger partial charge < -0.3 is 21.7 Å². The van der Waals surface area contributed by atoms with Gasteiger partial charge in [0.1, 0.15) is 27.3 Å². The number of thiazole rings is 1. The normalized spacial score (nSPS) is 16.5. The lowest BCUT2D eigenvalue weighted by Crippen LogP contribution is -2.39. The molecule has 164 valence electrons. The number of hydrogen-bond donors (Lipinski definition) is 3. The molecule has 0 radical (unpaired) electrons. The number of amides is 1. The minimum atomic E-state index is -0.769. The van der Waals surface area contributed by atoms with Gasteiger partial charge in [0.2, 0.25) is 0 Å². The molecule has 1 atom stereocenters. The number of anilines is 3. The molecule has 1 saturated heterocycles. The largest absolute Gasteiger partial charge is 0.389 e. The molecule has 0 aliphatic carbocycles. The molecule has 0 spiro atoms. The van der Waals surface area contributed by atoms with E-state index in [9.17, 15) is 13.6 Å². The van der Waals surface area contributed by atoms with E-state index in [1.807, 2.05) is 0 Å². The third kappa shape index (κ3) is 4.10. The second-order valence-electron chi connectivity index (χ2n) is 7.48. The van der Waals surface area contributed by atoms with Crippen molar-refractivity contribution in [1.82, 2.24) is 14.8 Å². The van der Waals surface area contributed by atoms with Crippen LogP contribution in [-0.4, -0.2) is 40.3 Å². The Bertz CT molecular complexity index is 1090. The van der Waals surface area contributed by atoms with E-state index in [2.05, 4.69) is 20.3 Å². The first-order chi connectivity index (χ1) is 14.9. The van der Waals surface area contributed by atoms with E-state index >= 15 is 0 Å². The van der Waals surface area contributed by atoms with Gasteiger partial charge in [0.15, 0.2) is 11.5 Å². The van der Waals surface area contributed by atoms with Crippen LogP contribution in [0.4, 0.5) is 25.3 Å². The lowest BCUT2D eigenvalue weighted by atomic mass is 9.98. The number of carbonyl (C=O) groups excluding carboxylic acids is 1. The topological polar surface area (TPSA) is 115 Å². The van der Waals surface area contributed by atoms with Crippen LogP contribution < -0.4 is 21.7 Å². The summed E-state index contributed by atoms with van der Waals surface area (Å²) in [7, 11) is 1.80. The molecule has 1 amide bonds. The van der Waals surface area contributed by atoms with E-state index < -0.39 is 17.5 Å². The molecule has 1 aliphatic rings. The summed E-state index contributed by atoms with van der Waals surface area (Å²) in [5.41, 5.74) is 11.9. The van der Waals surface area contributed by atoms with Gasteiger partial charge in [-0.1, -0.05) is 17.4 Å². The SMILES string of the molecule is Cn1ncc(NC(=O)c2nc(-c3c(F)cccc3F)sc2N)c1N1CCC[C@H](CN)C1. The van der Waals surface area contributed by atoms with Crippen molar-refractivity contribution in [2.75, 3.05) is 35.6 Å². The van der Waals surface area contributed by atoms with Gasteiger partial charge in [-0.3, -0.25) is 9.48 Å². The predicted molar refractivity (Wildman–Crippen MR) is 117 cm³/mol. The van der Waals surface area contributed by atoms with Crippen LogP contribution in [0.1, 0.15) is 23.3 Å². The third-order valence-electron chi connectivity index (χ3n) is 5.35. The van der Waals surface area contributed by atoms with Gasteiger partial charge in [-0.05, 0) is 37.4 Å². The molecule has 4 rings (SSSR count). The van der Waals surface area contributed by atoms with Crippen LogP contribution >= 0.6 is 11.3 Å². The van der Waals surface area contributed by atoms with Crippen LogP contribution in [0.2, 0.25) is 0 Å². The number of piperidine rings is 1. The van der Waals surface area contributed by atoms with E-state index in [1.54, 1.807) is 17.9 Å². The van der Waals surface area contributed by atoms with Gasteiger partial charge >= 0.3 is 0 Å². The molecule has 2 aromatic heterocycles. The summed E-state index contributed by atoms with van der Waals surface area (Å²) in [5, 5.41) is 7.14. The molecule has 3 heterocycles. The van der Waals surface area contributed by atoms with Gasteiger partial charge in [-0.25, -0.2) is 13.8 Å². The first-order valence-corrected chi connectivity index (χ1v) is 10.7. The molecule has 8 nitrogen and oxygen atoms in total. The van der Waals surface area contributed by atoms with E-state index in [-0.39, 0.29) is 21.3 Å². The molecule has 5 N–H and O–H groups in total. The summed E-state index contributed by atoms with van der Waals surface area (Å²) in [4.78, 5) is 19.2. The molecule has 0 unspecified atom stereocenters. The fraction of sp³-hybridized carbons (Fsp3) is 0.350. The number of halogens is 2. The van der Waals surface area contributed by atoms with Crippen LogP contribution in [0.5, 0.6) is 0 Å². The number of nitrogens with two attached hydrogens (primary N) is 2. The van der Waals surface area contributed by atoms with E-state index in [0.29, 0.717) is 18.2 Å². The summed E-state index contributed by atoms with van der Waals surface area (Å²) in [6.45, 7) is 2.20. The van der Waals surface area contributed by atoms with Gasteiger partial charge in [0, 0.05) is 20.1 Å². The average Bonchev–Trinajstić information content (AvgIpc) is 3.30. The molecule has 1 aliphatic heterocycles. The molecule has 11 heteroatoms. The Hall–Kier alpha value is -3.05. The Morgan fingerprint density at radius 2 is 2.10 bits per heavy atom. The van der Waals surface area contributed by atoms with Crippen molar-refractivity contribution in [1.29, 1.82) is 0 Å². The summed E-state index contributed by atoms with van der Waals surface area (Å²) in [6.07, 6.45) is 3.62. The second-order valence-corrected chi connectivity index (χ2v) is 8.51. The van der Waals surface area contributed by atoms with Gasteiger partial charge in [0.05, 0.1) is 11.8 Å². The standard InChI is InChI=1S/C20H23F2N7OS/c1-28-20(29-7-3-4-11(8-23)10-29)14(9-25-28)26-18(30)16-17(24)31-19(27-16)15-12(21)5-2-6-13(15)22/h2,5-6,9,11H,3-4,7-8,10,23-24H2,1H3,(H,26,30)/t11-/m1/s1. The Balaban J connectivity index is 1.60. The number of nitrogens with one attached hydrogen (secondary N) is 1. The molecule has 3 aromatic rings. The number of benzene rings is 1. The van der Waals surface area contributed by atoms with Crippen molar-refractivity contribution >= 4 is 33.8 Å². The van der Waals surface area contributed by atoms with Crippen LogP contribution in [0.25, 0.3) is 10.6 Å². The molecular formula is C20H23F2N7OS. The number of carbonyl (C=O) groups is 1. The van der Waals surface area contributed by atoms with Gasteiger partial charge in [-0.15, -0.1) is 0 Å². The summed E-state index contributed by atoms with van der Waals surface area (Å²) >= 11 is 0.856. The van der Waals surface area contributed by atoms with Crippen molar-refractivity contribution in [3.05, 3.63) is 41.7 Å². The lowest BCUT2D eigenvalue weighted by Gasteiger charge is -2.34. The molecule has 0 saturated carbocycles. The fourth-order valence-electron chi connectivity index (χ4n) is 3.83. The highest BCUT2D eigenvalue weighted by atomic mass is 32.1. The average molecular weight is 448 g/mol. The molecule has 31 heavy (non-hydrogen) atoms. The van der Waals surface area contributed by atoms with Crippen LogP contribution in [0.3, 0.4) is 0 Å². The summed E-state index contributed by atoms with van der Waals surface area (Å²) in [6, 6.07) is 3.52. The van der Waals surface area contributed by atoms with Crippen molar-refractivity contribution in [3.8, 4) is 10.6 Å². The zero-order valence-electron chi connectivity index (χ0n) is 16.9. The fourth-order valence-corrected chi connectivity index (χ4v) is 4.71. The highest BCUT2D eigenvalue weighted by molar-refractivity contribution is 7.19. The Morgan fingerprint density at radius 3 is 2.81 bits per heavy atom. The van der Waals surface area contributed by atoms with Crippen LogP contribution in [0, 0.1) is 17.6 Å². The Morgan fingerprint density at radius 1 is 1.35 bits per heavy atom. The summed E-state index contributed by atoms with van der Waals surface area (Å²) in [5.74, 6) is -0.969. The maximum absolute atomic E-state index is 14.1. The van der Waals surface area contributed by atoms with E-state index in [1.165, 1.54) is 6.07 Å². The number of hydrogen-bond acceptors (Lipinski definition) is 7. The third-order valence-corrected chi connectivity index (χ3v) is 6.25. The highest BCUT2D eigenvalue weighted by Gasteiger charge is 2.26. The maximum Gasteiger partial charge on any atom is 0.277 e. The molecular weight excluding hydrogens is 424 g/mol. The van der Waals surface area contributed by atoms with Gasteiger partial charge in [-0.2, -0.15) is 5.10 Å². The molecule has 1 fully saturated rings. The monoisotopic (exact) mass is 447 g/mol. The van der Waals surface area contributed by atoms with Crippen molar-refractivity contribution in [2.24, 2.45) is 18.7 Å². The van der Waals surface area contributed by atoms with E-state index in [4.69, 9.17) is 11.5 Å². The minimum absolute atomic E-state index is 0.00600. The van der Waals surface area contributed by atoms with Crippen molar-refractivity contribution in [3.63, 3.8) is 0 Å². The number of aromatic nitrogens is 3. The van der Waals surface area contributed by atoms with Crippen molar-refractivity contribution < 1.29 is 13.6 Å². The number of nitrogen functional groups attached to an aromatic ring is 1. The van der Waals surface area contributed by atoms with Crippen LogP contribution in [-0.2, 0) is 7.05 Å². The molecule has 0 bridgehead atoms. The van der Waals surface area contributed by atoms with Gasteiger partial charge in [0.25, 0.3) is 5.91 Å². The number of rotatable bonds is 5. The highest BCUT2D eigenvalue weighted by Crippen LogP contribution is 2.35. The second kappa shape index (κ2) is 8.60. The van der Waals surface area contributed by atoms with E-state index in [0.717, 1.165) is 55.2 Å². The zero-order chi connectivity index (χ0) is 22.1. The minimum Gasteiger partial charge on any atom is -0.389 e. The Labute approximate surface area is 181 Å². The smallest absolute Gasteiger partial charge is 0.277 e. The first-order valence-electron chi connectivity index (χ1n) is 9.88. The van der Waals surface area contributed by atoms with Crippen LogP contribution in [0.15, 0.2) is 24.4 Å². The Kier molecular flexibility index (Phi) is 5.88. The predicted octanol–water partition coefficient (Wildman–Crippen LogP) is 2.83. The zero-order valence-corrected chi connectivity index (χ0v) is 17.8. The maximum atomic E-state index is 14.1.